The van der Waals surface area contributed by atoms with E-state index >= 15 is 0 Å². The number of halogens is 1. The van der Waals surface area contributed by atoms with Crippen LogP contribution in [0.3, 0.4) is 0 Å². The largest absolute Gasteiger partial charge is 0.389 e. The van der Waals surface area contributed by atoms with Crippen LogP contribution in [0.1, 0.15) is 23.9 Å². The smallest absolute Gasteiger partial charge is 0.320 e. The second-order valence-corrected chi connectivity index (χ2v) is 12.6. The molecule has 3 fully saturated rings. The van der Waals surface area contributed by atoms with Crippen molar-refractivity contribution in [3.8, 4) is 17.3 Å². The minimum absolute atomic E-state index is 0.0420. The SMILES string of the molecule is CCc1nn2ccc(N3CC4(CCN(C(=O)N5CC(O)C5)C4)C3)cc2c1N(C)c1nc(-c2ccc(F)cc2)c(C#N)s1. The van der Waals surface area contributed by atoms with E-state index in [0.29, 0.717) is 34.4 Å². The molecule has 3 saturated heterocycles. The second-order valence-electron chi connectivity index (χ2n) is 11.6. The van der Waals surface area contributed by atoms with Crippen LogP contribution in [0.5, 0.6) is 0 Å². The number of rotatable bonds is 5. The maximum absolute atomic E-state index is 13.5. The molecule has 0 bridgehead atoms. The number of pyridine rings is 1. The van der Waals surface area contributed by atoms with E-state index in [9.17, 15) is 19.6 Å². The summed E-state index contributed by atoms with van der Waals surface area (Å²) >= 11 is 1.30. The van der Waals surface area contributed by atoms with Gasteiger partial charge in [-0.3, -0.25) is 0 Å². The van der Waals surface area contributed by atoms with E-state index in [2.05, 4.69) is 30.0 Å². The predicted molar refractivity (Wildman–Crippen MR) is 159 cm³/mol. The van der Waals surface area contributed by atoms with Gasteiger partial charge in [0.15, 0.2) is 5.13 Å². The van der Waals surface area contributed by atoms with Gasteiger partial charge in [-0.2, -0.15) is 10.4 Å². The van der Waals surface area contributed by atoms with Gasteiger partial charge in [0.05, 0.1) is 36.1 Å². The number of aliphatic hydroxyl groups is 1. The summed E-state index contributed by atoms with van der Waals surface area (Å²) < 4.78 is 15.4. The zero-order valence-electron chi connectivity index (χ0n) is 23.5. The van der Waals surface area contributed by atoms with Crippen molar-refractivity contribution in [2.24, 2.45) is 5.41 Å². The van der Waals surface area contributed by atoms with Crippen LogP contribution in [0.15, 0.2) is 42.6 Å². The standard InChI is InChI=1S/C30H31FN8O2S/c1-3-23-27(35(2)28-33-26(25(13-32)42-28)19-4-6-20(31)7-5-19)24-12-21(8-10-39(24)34-23)38-17-30(18-38)9-11-36(16-30)29(41)37-14-22(40)15-37/h4-8,10,12,22,40H,3,9,11,14-18H2,1-2H3. The highest BCUT2D eigenvalue weighted by atomic mass is 32.1. The van der Waals surface area contributed by atoms with Crippen molar-refractivity contribution in [3.63, 3.8) is 0 Å². The van der Waals surface area contributed by atoms with Gasteiger partial charge in [-0.1, -0.05) is 18.3 Å². The number of aromatic nitrogens is 3. The fourth-order valence-corrected chi connectivity index (χ4v) is 7.27. The molecule has 0 atom stereocenters. The van der Waals surface area contributed by atoms with Crippen molar-refractivity contribution in [1.29, 1.82) is 5.26 Å². The Morgan fingerprint density at radius 2 is 1.98 bits per heavy atom. The number of carbonyl (C=O) groups excluding carboxylic acids is 1. The number of hydrogen-bond acceptors (Lipinski definition) is 8. The zero-order chi connectivity index (χ0) is 29.2. The van der Waals surface area contributed by atoms with Gasteiger partial charge in [-0.25, -0.2) is 18.7 Å². The lowest BCUT2D eigenvalue weighted by atomic mass is 9.79. The summed E-state index contributed by atoms with van der Waals surface area (Å²) in [6, 6.07) is 12.6. The number of nitriles is 1. The number of aliphatic hydroxyl groups excluding tert-OH is 1. The van der Waals surface area contributed by atoms with E-state index in [0.717, 1.165) is 61.6 Å². The number of nitrogens with zero attached hydrogens (tertiary/aromatic N) is 8. The van der Waals surface area contributed by atoms with Crippen LogP contribution in [0, 0.1) is 22.6 Å². The molecule has 42 heavy (non-hydrogen) atoms. The molecule has 0 aliphatic carbocycles. The monoisotopic (exact) mass is 586 g/mol. The third-order valence-corrected chi connectivity index (χ3v) is 9.75. The van der Waals surface area contributed by atoms with Crippen LogP contribution >= 0.6 is 11.3 Å². The Balaban J connectivity index is 1.13. The predicted octanol–water partition coefficient (Wildman–Crippen LogP) is 4.11. The van der Waals surface area contributed by atoms with E-state index in [1.54, 1.807) is 17.0 Å². The number of β-amino-alcohol motifs (C(OH)–C–C–N with tert-alkyl or cyclic N) is 1. The summed E-state index contributed by atoms with van der Waals surface area (Å²) in [6.45, 7) is 6.21. The number of likely N-dealkylation sites (tertiary alicyclic amines) is 2. The summed E-state index contributed by atoms with van der Waals surface area (Å²) in [6.07, 6.45) is 3.30. The highest BCUT2D eigenvalue weighted by Crippen LogP contribution is 2.44. The van der Waals surface area contributed by atoms with Crippen molar-refractivity contribution >= 4 is 39.4 Å². The van der Waals surface area contributed by atoms with Crippen LogP contribution in [-0.2, 0) is 6.42 Å². The Kier molecular flexibility index (Phi) is 6.32. The fourth-order valence-electron chi connectivity index (χ4n) is 6.41. The van der Waals surface area contributed by atoms with Crippen LogP contribution < -0.4 is 9.80 Å². The molecule has 10 nitrogen and oxygen atoms in total. The Labute approximate surface area is 246 Å². The molecular weight excluding hydrogens is 555 g/mol. The molecule has 1 spiro atoms. The highest BCUT2D eigenvalue weighted by molar-refractivity contribution is 7.16. The van der Waals surface area contributed by atoms with E-state index in [4.69, 9.17) is 10.1 Å². The number of amides is 2. The summed E-state index contributed by atoms with van der Waals surface area (Å²) in [4.78, 5) is 26.0. The minimum Gasteiger partial charge on any atom is -0.389 e. The Bertz CT molecular complexity index is 1720. The van der Waals surface area contributed by atoms with Gasteiger partial charge in [0.25, 0.3) is 0 Å². The highest BCUT2D eigenvalue weighted by Gasteiger charge is 2.50. The van der Waals surface area contributed by atoms with E-state index in [1.807, 2.05) is 27.6 Å². The molecule has 4 aromatic rings. The van der Waals surface area contributed by atoms with Gasteiger partial charge in [0, 0.05) is 56.1 Å². The molecule has 2 amide bonds. The van der Waals surface area contributed by atoms with E-state index in [1.165, 1.54) is 23.5 Å². The first-order valence-electron chi connectivity index (χ1n) is 14.2. The Hall–Kier alpha value is -4.21. The van der Waals surface area contributed by atoms with Gasteiger partial charge >= 0.3 is 6.03 Å². The third-order valence-electron chi connectivity index (χ3n) is 8.71. The van der Waals surface area contributed by atoms with E-state index < -0.39 is 0 Å². The molecule has 216 valence electrons. The second kappa shape index (κ2) is 9.96. The number of carbonyl (C=O) groups is 1. The van der Waals surface area contributed by atoms with Crippen molar-refractivity contribution < 1.29 is 14.3 Å². The summed E-state index contributed by atoms with van der Waals surface area (Å²) in [5.41, 5.74) is 5.25. The fraction of sp³-hybridized carbons (Fsp3) is 0.400. The number of thiazole rings is 1. The van der Waals surface area contributed by atoms with Gasteiger partial charge in [0.1, 0.15) is 22.5 Å². The molecular formula is C30H31FN8O2S. The van der Waals surface area contributed by atoms with Crippen LogP contribution in [-0.4, -0.2) is 88.0 Å². The first kappa shape index (κ1) is 26.7. The Morgan fingerprint density at radius 3 is 2.67 bits per heavy atom. The van der Waals surface area contributed by atoms with Crippen LogP contribution in [0.25, 0.3) is 16.8 Å². The average Bonchev–Trinajstić information content (AvgIpc) is 3.69. The molecule has 12 heteroatoms. The van der Waals surface area contributed by atoms with Crippen LogP contribution in [0.2, 0.25) is 0 Å². The normalized spacial score (nSPS) is 17.9. The molecule has 0 saturated carbocycles. The van der Waals surface area contributed by atoms with Gasteiger partial charge in [-0.05, 0) is 49.2 Å². The van der Waals surface area contributed by atoms with Crippen LogP contribution in [0.4, 0.5) is 25.7 Å². The number of hydrogen-bond donors (Lipinski definition) is 1. The number of aryl methyl sites for hydroxylation is 1. The molecule has 0 unspecified atom stereocenters. The lowest BCUT2D eigenvalue weighted by molar-refractivity contribution is 0.0157. The molecule has 3 aromatic heterocycles. The maximum Gasteiger partial charge on any atom is 0.320 e. The maximum atomic E-state index is 13.5. The van der Waals surface area contributed by atoms with E-state index in [-0.39, 0.29) is 23.4 Å². The average molecular weight is 587 g/mol. The number of benzene rings is 1. The molecule has 1 aromatic carbocycles. The molecule has 7 rings (SSSR count). The Morgan fingerprint density at radius 1 is 1.21 bits per heavy atom. The first-order valence-corrected chi connectivity index (χ1v) is 15.0. The number of urea groups is 1. The number of fused-ring (bicyclic) bond motifs is 1. The van der Waals surface area contributed by atoms with Crippen molar-refractivity contribution in [2.45, 2.75) is 25.9 Å². The zero-order valence-corrected chi connectivity index (χ0v) is 24.3. The quantitative estimate of drug-likeness (QED) is 0.375. The lowest BCUT2D eigenvalue weighted by Gasteiger charge is -2.49. The van der Waals surface area contributed by atoms with Gasteiger partial charge < -0.3 is 24.7 Å². The van der Waals surface area contributed by atoms with Crippen molar-refractivity contribution in [1.82, 2.24) is 24.4 Å². The molecule has 3 aliphatic rings. The lowest BCUT2D eigenvalue weighted by Crippen LogP contribution is -2.60. The summed E-state index contributed by atoms with van der Waals surface area (Å²) in [7, 11) is 1.94. The number of anilines is 3. The summed E-state index contributed by atoms with van der Waals surface area (Å²) in [5, 5.41) is 24.9. The van der Waals surface area contributed by atoms with Gasteiger partial charge in [-0.15, -0.1) is 0 Å². The van der Waals surface area contributed by atoms with Crippen molar-refractivity contribution in [2.75, 3.05) is 56.1 Å². The topological polar surface area (TPSA) is 104 Å². The first-order chi connectivity index (χ1) is 20.3. The molecule has 6 heterocycles. The van der Waals surface area contributed by atoms with Gasteiger partial charge in [0.2, 0.25) is 0 Å². The summed E-state index contributed by atoms with van der Waals surface area (Å²) in [5.74, 6) is -0.334. The minimum atomic E-state index is -0.388. The molecule has 3 aliphatic heterocycles. The third kappa shape index (κ3) is 4.35. The molecule has 0 radical (unpaired) electrons. The van der Waals surface area contributed by atoms with Crippen molar-refractivity contribution in [3.05, 3.63) is 59.0 Å². The molecule has 1 N–H and O–H groups in total.